The number of hydrogen-bond donors (Lipinski definition) is 1. The summed E-state index contributed by atoms with van der Waals surface area (Å²) in [6, 6.07) is 9.44. The second-order valence-electron chi connectivity index (χ2n) is 4.26. The molecule has 0 saturated heterocycles. The van der Waals surface area contributed by atoms with Crippen LogP contribution in [0.3, 0.4) is 0 Å². The molecule has 2 rings (SSSR count). The number of hydrogen-bond acceptors (Lipinski definition) is 4. The molecule has 1 aromatic heterocycles. The molecule has 0 bridgehead atoms. The molecule has 0 radical (unpaired) electrons. The number of alkyl halides is 1. The van der Waals surface area contributed by atoms with Crippen molar-refractivity contribution in [1.29, 1.82) is 0 Å². The SMILES string of the molecule is CCOC(=O)c1sc(-c2ccc(Br)cc2)cc1NC(=O)CCl. The maximum Gasteiger partial charge on any atom is 0.350 e. The molecule has 116 valence electrons. The van der Waals surface area contributed by atoms with Crippen LogP contribution >= 0.6 is 38.9 Å². The van der Waals surface area contributed by atoms with Gasteiger partial charge in [0, 0.05) is 9.35 Å². The summed E-state index contributed by atoms with van der Waals surface area (Å²) in [5.74, 6) is -1.00. The molecule has 1 heterocycles. The molecule has 0 aliphatic heterocycles. The van der Waals surface area contributed by atoms with Gasteiger partial charge in [-0.15, -0.1) is 22.9 Å². The van der Waals surface area contributed by atoms with Gasteiger partial charge in [0.25, 0.3) is 0 Å². The van der Waals surface area contributed by atoms with E-state index < -0.39 is 5.97 Å². The zero-order chi connectivity index (χ0) is 16.1. The molecule has 0 fully saturated rings. The maximum atomic E-state index is 12.0. The lowest BCUT2D eigenvalue weighted by molar-refractivity contribution is -0.113. The molecule has 0 spiro atoms. The Kier molecular flexibility index (Phi) is 5.99. The van der Waals surface area contributed by atoms with Crippen molar-refractivity contribution in [3.8, 4) is 10.4 Å². The van der Waals surface area contributed by atoms with E-state index in [1.807, 2.05) is 24.3 Å². The molecule has 0 unspecified atom stereocenters. The molecule has 4 nitrogen and oxygen atoms in total. The van der Waals surface area contributed by atoms with Gasteiger partial charge in [-0.2, -0.15) is 0 Å². The first kappa shape index (κ1) is 17.0. The third kappa shape index (κ3) is 4.09. The molecule has 0 aliphatic rings. The monoisotopic (exact) mass is 401 g/mol. The van der Waals surface area contributed by atoms with Gasteiger partial charge in [0.2, 0.25) is 5.91 Å². The van der Waals surface area contributed by atoms with Gasteiger partial charge in [-0.05, 0) is 30.7 Å². The average molecular weight is 403 g/mol. The molecule has 0 aliphatic carbocycles. The predicted octanol–water partition coefficient (Wildman–Crippen LogP) is 4.53. The molecule has 1 aromatic carbocycles. The van der Waals surface area contributed by atoms with E-state index in [9.17, 15) is 9.59 Å². The molecule has 2 aromatic rings. The minimum absolute atomic E-state index is 0.175. The van der Waals surface area contributed by atoms with E-state index in [1.165, 1.54) is 11.3 Å². The first-order chi connectivity index (χ1) is 10.5. The van der Waals surface area contributed by atoms with Gasteiger partial charge in [-0.3, -0.25) is 4.79 Å². The Hall–Kier alpha value is -1.37. The number of anilines is 1. The molecule has 0 atom stereocenters. The van der Waals surface area contributed by atoms with Crippen molar-refractivity contribution in [3.05, 3.63) is 39.7 Å². The number of carbonyl (C=O) groups excluding carboxylic acids is 2. The smallest absolute Gasteiger partial charge is 0.350 e. The van der Waals surface area contributed by atoms with Gasteiger partial charge in [0.1, 0.15) is 10.8 Å². The lowest BCUT2D eigenvalue weighted by Crippen LogP contribution is -2.14. The lowest BCUT2D eigenvalue weighted by atomic mass is 10.2. The fourth-order valence-corrected chi connectivity index (χ4v) is 3.12. The number of ether oxygens (including phenoxy) is 1. The Balaban J connectivity index is 2.40. The zero-order valence-electron chi connectivity index (χ0n) is 11.7. The van der Waals surface area contributed by atoms with Crippen molar-refractivity contribution in [2.24, 2.45) is 0 Å². The topological polar surface area (TPSA) is 55.4 Å². The number of nitrogens with one attached hydrogen (secondary N) is 1. The minimum Gasteiger partial charge on any atom is -0.462 e. The highest BCUT2D eigenvalue weighted by molar-refractivity contribution is 9.10. The minimum atomic E-state index is -0.458. The Bertz CT molecular complexity index is 685. The fourth-order valence-electron chi connectivity index (χ4n) is 1.77. The molecular weight excluding hydrogens is 390 g/mol. The highest BCUT2D eigenvalue weighted by Gasteiger charge is 2.19. The van der Waals surface area contributed by atoms with Crippen molar-refractivity contribution in [1.82, 2.24) is 0 Å². The number of amides is 1. The van der Waals surface area contributed by atoms with E-state index in [4.69, 9.17) is 16.3 Å². The van der Waals surface area contributed by atoms with Crippen LogP contribution in [0.2, 0.25) is 0 Å². The normalized spacial score (nSPS) is 10.3. The molecule has 1 amide bonds. The summed E-state index contributed by atoms with van der Waals surface area (Å²) in [4.78, 5) is 24.8. The summed E-state index contributed by atoms with van der Waals surface area (Å²) >= 11 is 10.2. The van der Waals surface area contributed by atoms with Gasteiger partial charge >= 0.3 is 5.97 Å². The standard InChI is InChI=1S/C15H13BrClNO3S/c1-2-21-15(20)14-11(18-13(19)8-17)7-12(22-14)9-3-5-10(16)6-4-9/h3-7H,2,8H2,1H3,(H,18,19). The van der Waals surface area contributed by atoms with E-state index >= 15 is 0 Å². The number of rotatable bonds is 5. The average Bonchev–Trinajstić information content (AvgIpc) is 2.92. The summed E-state index contributed by atoms with van der Waals surface area (Å²) in [5.41, 5.74) is 1.37. The Labute approximate surface area is 145 Å². The van der Waals surface area contributed by atoms with Crippen molar-refractivity contribution < 1.29 is 14.3 Å². The van der Waals surface area contributed by atoms with Crippen LogP contribution in [0.1, 0.15) is 16.6 Å². The summed E-state index contributed by atoms with van der Waals surface area (Å²) in [7, 11) is 0. The number of benzene rings is 1. The van der Waals surface area contributed by atoms with Crippen LogP contribution < -0.4 is 5.32 Å². The van der Waals surface area contributed by atoms with E-state index in [0.29, 0.717) is 10.6 Å². The van der Waals surface area contributed by atoms with Crippen molar-refractivity contribution >= 4 is 56.4 Å². The maximum absolute atomic E-state index is 12.0. The predicted molar refractivity (Wildman–Crippen MR) is 92.8 cm³/mol. The van der Waals surface area contributed by atoms with Gasteiger partial charge in [-0.25, -0.2) is 4.79 Å². The third-order valence-corrected chi connectivity index (χ3v) is 4.65. The van der Waals surface area contributed by atoms with E-state index in [1.54, 1.807) is 13.0 Å². The quantitative estimate of drug-likeness (QED) is 0.590. The number of halogens is 2. The van der Waals surface area contributed by atoms with Crippen molar-refractivity contribution in [3.63, 3.8) is 0 Å². The fraction of sp³-hybridized carbons (Fsp3) is 0.200. The first-order valence-corrected chi connectivity index (χ1v) is 8.62. The van der Waals surface area contributed by atoms with Crippen LogP contribution in [0.15, 0.2) is 34.8 Å². The molecular formula is C15H13BrClNO3S. The zero-order valence-corrected chi connectivity index (χ0v) is 14.8. The van der Waals surface area contributed by atoms with Crippen molar-refractivity contribution in [2.45, 2.75) is 6.92 Å². The van der Waals surface area contributed by atoms with E-state index in [0.717, 1.165) is 14.9 Å². The summed E-state index contributed by atoms with van der Waals surface area (Å²) < 4.78 is 6.00. The van der Waals surface area contributed by atoms with Gasteiger partial charge < -0.3 is 10.1 Å². The van der Waals surface area contributed by atoms with Crippen LogP contribution in [0.25, 0.3) is 10.4 Å². The van der Waals surface area contributed by atoms with E-state index in [-0.39, 0.29) is 18.4 Å². The Morgan fingerprint density at radius 2 is 2.00 bits per heavy atom. The molecule has 7 heteroatoms. The lowest BCUT2D eigenvalue weighted by Gasteiger charge is -2.03. The van der Waals surface area contributed by atoms with Gasteiger partial charge in [0.15, 0.2) is 0 Å². The number of carbonyl (C=O) groups is 2. The highest BCUT2D eigenvalue weighted by Crippen LogP contribution is 2.35. The highest BCUT2D eigenvalue weighted by atomic mass is 79.9. The molecule has 22 heavy (non-hydrogen) atoms. The van der Waals surface area contributed by atoms with Crippen LogP contribution in [0.4, 0.5) is 5.69 Å². The summed E-state index contributed by atoms with van der Waals surface area (Å²) in [5, 5.41) is 2.63. The Morgan fingerprint density at radius 1 is 1.32 bits per heavy atom. The van der Waals surface area contributed by atoms with E-state index in [2.05, 4.69) is 21.2 Å². The first-order valence-electron chi connectivity index (χ1n) is 6.47. The van der Waals surface area contributed by atoms with Crippen LogP contribution in [-0.4, -0.2) is 24.4 Å². The van der Waals surface area contributed by atoms with Gasteiger partial charge in [-0.1, -0.05) is 28.1 Å². The summed E-state index contributed by atoms with van der Waals surface area (Å²) in [6.07, 6.45) is 0. The van der Waals surface area contributed by atoms with Gasteiger partial charge in [0.05, 0.1) is 12.3 Å². The number of thiophene rings is 1. The second kappa shape index (κ2) is 7.76. The van der Waals surface area contributed by atoms with Crippen LogP contribution in [0, 0.1) is 0 Å². The van der Waals surface area contributed by atoms with Crippen LogP contribution in [0.5, 0.6) is 0 Å². The second-order valence-corrected chi connectivity index (χ2v) is 6.50. The Morgan fingerprint density at radius 3 is 2.59 bits per heavy atom. The largest absolute Gasteiger partial charge is 0.462 e. The molecule has 1 N–H and O–H groups in total. The number of esters is 1. The van der Waals surface area contributed by atoms with Crippen LogP contribution in [-0.2, 0) is 9.53 Å². The summed E-state index contributed by atoms with van der Waals surface area (Å²) in [6.45, 7) is 2.01. The van der Waals surface area contributed by atoms with Crippen molar-refractivity contribution in [2.75, 3.05) is 17.8 Å². The molecule has 0 saturated carbocycles. The third-order valence-electron chi connectivity index (χ3n) is 2.72.